The Hall–Kier alpha value is -1.94. The molecular formula is C26H32BrClN2O6. The van der Waals surface area contributed by atoms with Crippen molar-refractivity contribution in [2.45, 2.75) is 55.8 Å². The van der Waals surface area contributed by atoms with Crippen LogP contribution in [0.25, 0.3) is 0 Å². The molecule has 3 fully saturated rings. The molecule has 2 amide bonds. The number of carbonyl (C=O) groups excluding carboxylic acids is 3. The first kappa shape index (κ1) is 27.1. The number of esters is 1. The lowest BCUT2D eigenvalue weighted by Gasteiger charge is -2.40. The fourth-order valence-corrected chi connectivity index (χ4v) is 7.12. The number of fused-ring (bicyclic) bond motifs is 1. The first-order valence-corrected chi connectivity index (χ1v) is 13.5. The maximum Gasteiger partial charge on any atom is 0.312 e. The van der Waals surface area contributed by atoms with Gasteiger partial charge in [0.15, 0.2) is 0 Å². The monoisotopic (exact) mass is 582 g/mol. The highest BCUT2D eigenvalue weighted by molar-refractivity contribution is 9.09. The number of hydrogen-bond donors (Lipinski definition) is 1. The fraction of sp³-hybridized carbons (Fsp3) is 0.577. The molecule has 1 aromatic rings. The molecule has 10 heteroatoms. The van der Waals surface area contributed by atoms with E-state index in [0.717, 1.165) is 0 Å². The van der Waals surface area contributed by atoms with Gasteiger partial charge in [0.1, 0.15) is 11.6 Å². The summed E-state index contributed by atoms with van der Waals surface area (Å²) in [5.74, 6) is -3.11. The Morgan fingerprint density at radius 1 is 1.39 bits per heavy atom. The summed E-state index contributed by atoms with van der Waals surface area (Å²) in [5, 5.41) is 10.8. The number of hydrogen-bond acceptors (Lipinski definition) is 6. The Morgan fingerprint density at radius 3 is 2.61 bits per heavy atom. The van der Waals surface area contributed by atoms with Crippen LogP contribution in [0.15, 0.2) is 36.9 Å². The molecule has 1 N–H and O–H groups in total. The SMILES string of the molecule is C=CCN(C(=O)[C@H]1N([C@@H](CO)C(C)C)C(=O)[C@@H]2[C@@H](C(=O)OCC)[C@@H]3O[C@@]21CC3Br)c1ccc(Cl)cc1. The smallest absolute Gasteiger partial charge is 0.312 e. The van der Waals surface area contributed by atoms with Gasteiger partial charge in [0.05, 0.1) is 37.2 Å². The molecule has 2 bridgehead atoms. The quantitative estimate of drug-likeness (QED) is 0.273. The summed E-state index contributed by atoms with van der Waals surface area (Å²) in [5.41, 5.74) is -0.648. The van der Waals surface area contributed by atoms with E-state index in [0.29, 0.717) is 17.1 Å². The molecular weight excluding hydrogens is 552 g/mol. The number of rotatable bonds is 9. The van der Waals surface area contributed by atoms with Crippen LogP contribution in [0.3, 0.4) is 0 Å². The molecule has 196 valence electrons. The van der Waals surface area contributed by atoms with Crippen molar-refractivity contribution in [3.05, 3.63) is 41.9 Å². The van der Waals surface area contributed by atoms with Crippen LogP contribution >= 0.6 is 27.5 Å². The van der Waals surface area contributed by atoms with Gasteiger partial charge in [-0.2, -0.15) is 0 Å². The Labute approximate surface area is 224 Å². The van der Waals surface area contributed by atoms with Crippen molar-refractivity contribution in [3.63, 3.8) is 0 Å². The van der Waals surface area contributed by atoms with E-state index in [1.807, 2.05) is 13.8 Å². The zero-order chi connectivity index (χ0) is 26.4. The zero-order valence-corrected chi connectivity index (χ0v) is 22.9. The summed E-state index contributed by atoms with van der Waals surface area (Å²) >= 11 is 9.71. The van der Waals surface area contributed by atoms with Gasteiger partial charge < -0.3 is 24.4 Å². The van der Waals surface area contributed by atoms with Gasteiger partial charge in [0, 0.05) is 22.1 Å². The predicted molar refractivity (Wildman–Crippen MR) is 139 cm³/mol. The minimum atomic E-state index is -1.24. The molecule has 1 unspecified atom stereocenters. The lowest BCUT2D eigenvalue weighted by molar-refractivity contribution is -0.155. The molecule has 3 aliphatic rings. The van der Waals surface area contributed by atoms with Crippen molar-refractivity contribution in [2.75, 3.05) is 24.7 Å². The second-order valence-corrected chi connectivity index (χ2v) is 11.5. The number of nitrogens with zero attached hydrogens (tertiary/aromatic N) is 2. The number of carbonyl (C=O) groups is 3. The van der Waals surface area contributed by atoms with E-state index in [4.69, 9.17) is 21.1 Å². The molecule has 1 spiro atoms. The number of amides is 2. The highest BCUT2D eigenvalue weighted by Gasteiger charge is 2.77. The maximum atomic E-state index is 14.4. The van der Waals surface area contributed by atoms with Gasteiger partial charge in [0.25, 0.3) is 5.91 Å². The molecule has 3 heterocycles. The first-order valence-electron chi connectivity index (χ1n) is 12.2. The van der Waals surface area contributed by atoms with Crippen molar-refractivity contribution in [2.24, 2.45) is 17.8 Å². The van der Waals surface area contributed by atoms with E-state index in [1.54, 1.807) is 37.3 Å². The third-order valence-corrected chi connectivity index (χ3v) is 8.65. The van der Waals surface area contributed by atoms with Crippen LogP contribution in [0.1, 0.15) is 27.2 Å². The number of halogens is 2. The number of aliphatic hydroxyl groups is 1. The van der Waals surface area contributed by atoms with E-state index in [2.05, 4.69) is 22.5 Å². The average molecular weight is 584 g/mol. The molecule has 3 saturated heterocycles. The van der Waals surface area contributed by atoms with Crippen molar-refractivity contribution < 1.29 is 29.0 Å². The molecule has 7 atom stereocenters. The summed E-state index contributed by atoms with van der Waals surface area (Å²) in [6.45, 7) is 9.32. The van der Waals surface area contributed by atoms with Crippen LogP contribution in [-0.4, -0.2) is 76.2 Å². The molecule has 0 aromatic heterocycles. The lowest BCUT2D eigenvalue weighted by Crippen LogP contribution is -2.60. The van der Waals surface area contributed by atoms with E-state index < -0.39 is 41.6 Å². The summed E-state index contributed by atoms with van der Waals surface area (Å²) < 4.78 is 11.8. The molecule has 1 aromatic carbocycles. The van der Waals surface area contributed by atoms with Crippen molar-refractivity contribution >= 4 is 51.0 Å². The summed E-state index contributed by atoms with van der Waals surface area (Å²) in [6.07, 6.45) is 1.39. The molecule has 0 aliphatic carbocycles. The average Bonchev–Trinajstić information content (AvgIpc) is 3.42. The van der Waals surface area contributed by atoms with E-state index in [9.17, 15) is 19.5 Å². The third-order valence-electron chi connectivity index (χ3n) is 7.55. The normalized spacial score (nSPS) is 31.5. The van der Waals surface area contributed by atoms with Crippen LogP contribution in [0, 0.1) is 17.8 Å². The van der Waals surface area contributed by atoms with Gasteiger partial charge in [-0.05, 0) is 43.5 Å². The van der Waals surface area contributed by atoms with Gasteiger partial charge in [0.2, 0.25) is 5.91 Å². The van der Waals surface area contributed by atoms with E-state index >= 15 is 0 Å². The Balaban J connectivity index is 1.85. The van der Waals surface area contributed by atoms with Gasteiger partial charge in [-0.1, -0.05) is 47.5 Å². The van der Waals surface area contributed by atoms with Crippen LogP contribution in [0.4, 0.5) is 5.69 Å². The summed E-state index contributed by atoms with van der Waals surface area (Å²) in [7, 11) is 0. The van der Waals surface area contributed by atoms with Gasteiger partial charge >= 0.3 is 5.97 Å². The molecule has 36 heavy (non-hydrogen) atoms. The fourth-order valence-electron chi connectivity index (χ4n) is 6.05. The second-order valence-electron chi connectivity index (χ2n) is 9.87. The number of anilines is 1. The lowest BCUT2D eigenvalue weighted by atomic mass is 9.70. The molecule has 3 aliphatic heterocycles. The molecule has 4 rings (SSSR count). The minimum absolute atomic E-state index is 0.147. The van der Waals surface area contributed by atoms with Crippen molar-refractivity contribution in [1.29, 1.82) is 0 Å². The topological polar surface area (TPSA) is 96.4 Å². The highest BCUT2D eigenvalue weighted by atomic mass is 79.9. The first-order chi connectivity index (χ1) is 17.1. The van der Waals surface area contributed by atoms with Crippen LogP contribution in [0.5, 0.6) is 0 Å². The molecule has 8 nitrogen and oxygen atoms in total. The summed E-state index contributed by atoms with van der Waals surface area (Å²) in [6, 6.07) is 5.15. The standard InChI is InChI=1S/C26H32BrClN2O6/c1-5-11-29(16-9-7-15(28)8-10-16)24(33)22-26-12-17(27)21(36-26)19(25(34)35-6-2)20(26)23(32)30(22)18(13-31)14(3)4/h5,7-10,14,17-22,31H,1,6,11-13H2,2-4H3/t17?,18-,19+,20-,21+,22+,26-/m0/s1. The van der Waals surface area contributed by atoms with E-state index in [1.165, 1.54) is 9.80 Å². The molecule has 0 radical (unpaired) electrons. The number of benzene rings is 1. The summed E-state index contributed by atoms with van der Waals surface area (Å²) in [4.78, 5) is 44.3. The largest absolute Gasteiger partial charge is 0.466 e. The number of likely N-dealkylation sites (tertiary alicyclic amines) is 1. The second kappa shape index (κ2) is 10.4. The maximum absolute atomic E-state index is 14.4. The van der Waals surface area contributed by atoms with Gasteiger partial charge in [-0.25, -0.2) is 0 Å². The van der Waals surface area contributed by atoms with Gasteiger partial charge in [-0.15, -0.1) is 6.58 Å². The Kier molecular flexibility index (Phi) is 7.86. The number of ether oxygens (including phenoxy) is 2. The predicted octanol–water partition coefficient (Wildman–Crippen LogP) is 3.19. The van der Waals surface area contributed by atoms with Crippen LogP contribution < -0.4 is 4.90 Å². The number of alkyl halides is 1. The number of aliphatic hydroxyl groups excluding tert-OH is 1. The van der Waals surface area contributed by atoms with Crippen LogP contribution in [-0.2, 0) is 23.9 Å². The Bertz CT molecular complexity index is 1040. The van der Waals surface area contributed by atoms with Crippen molar-refractivity contribution in [3.8, 4) is 0 Å². The van der Waals surface area contributed by atoms with Crippen molar-refractivity contribution in [1.82, 2.24) is 4.90 Å². The zero-order valence-electron chi connectivity index (χ0n) is 20.6. The van der Waals surface area contributed by atoms with Gasteiger partial charge in [-0.3, -0.25) is 14.4 Å². The van der Waals surface area contributed by atoms with Crippen LogP contribution in [0.2, 0.25) is 5.02 Å². The highest BCUT2D eigenvalue weighted by Crippen LogP contribution is 2.61. The van der Waals surface area contributed by atoms with E-state index in [-0.39, 0.29) is 42.3 Å². The minimum Gasteiger partial charge on any atom is -0.466 e. The third kappa shape index (κ3) is 4.18. The molecule has 0 saturated carbocycles. The Morgan fingerprint density at radius 2 is 2.06 bits per heavy atom.